The lowest BCUT2D eigenvalue weighted by molar-refractivity contribution is 0.0993. The molecule has 1 aliphatic heterocycles. The molecule has 7 heteroatoms. The molecule has 0 saturated carbocycles. The summed E-state index contributed by atoms with van der Waals surface area (Å²) in [6, 6.07) is 6.64. The Morgan fingerprint density at radius 2 is 2.16 bits per heavy atom. The van der Waals surface area contributed by atoms with Gasteiger partial charge in [0.1, 0.15) is 17.3 Å². The number of primary amides is 1. The summed E-state index contributed by atoms with van der Waals surface area (Å²) < 4.78 is 14.0. The lowest BCUT2D eigenvalue weighted by Gasteiger charge is -2.42. The van der Waals surface area contributed by atoms with Crippen LogP contribution in [0.3, 0.4) is 0 Å². The Kier molecular flexibility index (Phi) is 4.94. The number of carbonyl (C=O) groups excluding carboxylic acids is 1. The summed E-state index contributed by atoms with van der Waals surface area (Å²) >= 11 is 0. The monoisotopic (exact) mass is 344 g/mol. The first-order chi connectivity index (χ1) is 12.0. The minimum absolute atomic E-state index is 0.0548. The molecule has 1 fully saturated rings. The average Bonchev–Trinajstić information content (AvgIpc) is 2.64. The van der Waals surface area contributed by atoms with E-state index < -0.39 is 11.3 Å². The van der Waals surface area contributed by atoms with Gasteiger partial charge >= 0.3 is 0 Å². The van der Waals surface area contributed by atoms with Crippen LogP contribution in [0.2, 0.25) is 0 Å². The first-order valence-corrected chi connectivity index (χ1v) is 8.24. The summed E-state index contributed by atoms with van der Waals surface area (Å²) in [6.45, 7) is 1.19. The van der Waals surface area contributed by atoms with Gasteiger partial charge in [-0.3, -0.25) is 9.78 Å². The highest BCUT2D eigenvalue weighted by Crippen LogP contribution is 2.35. The van der Waals surface area contributed by atoms with Crippen LogP contribution < -0.4 is 10.6 Å². The Morgan fingerprint density at radius 1 is 1.36 bits per heavy atom. The molecule has 0 aliphatic carbocycles. The fourth-order valence-electron chi connectivity index (χ4n) is 3.41. The number of aliphatic hydroxyl groups excluding tert-OH is 1. The van der Waals surface area contributed by atoms with Crippen molar-refractivity contribution in [3.05, 3.63) is 53.7 Å². The van der Waals surface area contributed by atoms with E-state index in [-0.39, 0.29) is 18.1 Å². The van der Waals surface area contributed by atoms with E-state index in [0.29, 0.717) is 24.3 Å². The second-order valence-electron chi connectivity index (χ2n) is 6.58. The number of carbonyl (C=O) groups is 1. The summed E-state index contributed by atoms with van der Waals surface area (Å²) in [7, 11) is 0. The Bertz CT molecular complexity index is 770. The van der Waals surface area contributed by atoms with Crippen LogP contribution in [0, 0.1) is 11.2 Å². The molecule has 25 heavy (non-hydrogen) atoms. The molecule has 3 N–H and O–H groups in total. The molecule has 1 saturated heterocycles. The van der Waals surface area contributed by atoms with E-state index in [1.807, 2.05) is 4.90 Å². The number of aromatic nitrogens is 2. The molecule has 132 valence electrons. The number of benzene rings is 1. The number of anilines is 1. The predicted molar refractivity (Wildman–Crippen MR) is 91.6 cm³/mol. The number of nitrogens with two attached hydrogens (primary N) is 1. The van der Waals surface area contributed by atoms with E-state index in [4.69, 9.17) is 5.73 Å². The van der Waals surface area contributed by atoms with Crippen molar-refractivity contribution < 1.29 is 14.3 Å². The Morgan fingerprint density at radius 3 is 2.88 bits per heavy atom. The van der Waals surface area contributed by atoms with Crippen molar-refractivity contribution in [3.8, 4) is 0 Å². The first kappa shape index (κ1) is 17.3. The molecule has 2 heterocycles. The van der Waals surface area contributed by atoms with Crippen LogP contribution in [0.15, 0.2) is 36.7 Å². The molecule has 1 aromatic heterocycles. The smallest absolute Gasteiger partial charge is 0.268 e. The quantitative estimate of drug-likeness (QED) is 0.858. The van der Waals surface area contributed by atoms with Crippen LogP contribution in [0.5, 0.6) is 0 Å². The largest absolute Gasteiger partial charge is 0.396 e. The van der Waals surface area contributed by atoms with E-state index in [1.165, 1.54) is 12.3 Å². The van der Waals surface area contributed by atoms with Gasteiger partial charge in [-0.2, -0.15) is 0 Å². The highest BCUT2D eigenvalue weighted by atomic mass is 19.1. The third kappa shape index (κ3) is 3.76. The predicted octanol–water partition coefficient (Wildman–Crippen LogP) is 1.54. The van der Waals surface area contributed by atoms with E-state index >= 15 is 0 Å². The van der Waals surface area contributed by atoms with Gasteiger partial charge in [0.15, 0.2) is 0 Å². The van der Waals surface area contributed by atoms with E-state index in [9.17, 15) is 14.3 Å². The second-order valence-corrected chi connectivity index (χ2v) is 6.58. The lowest BCUT2D eigenvalue weighted by atomic mass is 9.75. The molecule has 3 rings (SSSR count). The van der Waals surface area contributed by atoms with Crippen LogP contribution >= 0.6 is 0 Å². The minimum Gasteiger partial charge on any atom is -0.396 e. The molecule has 0 unspecified atom stereocenters. The van der Waals surface area contributed by atoms with Gasteiger partial charge in [-0.1, -0.05) is 18.2 Å². The van der Waals surface area contributed by atoms with Crippen molar-refractivity contribution in [2.75, 3.05) is 24.6 Å². The van der Waals surface area contributed by atoms with Crippen LogP contribution in [0.25, 0.3) is 0 Å². The normalized spacial score (nSPS) is 20.5. The standard InChI is InChI=1S/C18H21FN4O2/c19-14-5-2-1-4-13(14)8-18(12-24)6-3-7-23(11-18)16-10-21-9-15(22-16)17(20)25/h1-2,4-5,9-10,24H,3,6-8,11-12H2,(H2,20,25)/t18-/m1/s1. The van der Waals surface area contributed by atoms with Crippen molar-refractivity contribution in [2.24, 2.45) is 11.1 Å². The number of aliphatic hydroxyl groups is 1. The van der Waals surface area contributed by atoms with Gasteiger partial charge in [-0.05, 0) is 30.9 Å². The molecule has 6 nitrogen and oxygen atoms in total. The van der Waals surface area contributed by atoms with Gasteiger partial charge in [0, 0.05) is 18.5 Å². The van der Waals surface area contributed by atoms with Gasteiger partial charge in [0.05, 0.1) is 19.0 Å². The summed E-state index contributed by atoms with van der Waals surface area (Å²) in [4.78, 5) is 21.6. The van der Waals surface area contributed by atoms with E-state index in [2.05, 4.69) is 9.97 Å². The number of nitrogens with zero attached hydrogens (tertiary/aromatic N) is 3. The van der Waals surface area contributed by atoms with Crippen LogP contribution in [0.1, 0.15) is 28.9 Å². The van der Waals surface area contributed by atoms with Crippen LogP contribution in [-0.4, -0.2) is 40.7 Å². The summed E-state index contributed by atoms with van der Waals surface area (Å²) in [5, 5.41) is 10.0. The van der Waals surface area contributed by atoms with Crippen molar-refractivity contribution >= 4 is 11.7 Å². The Labute approximate surface area is 145 Å². The zero-order valence-corrected chi connectivity index (χ0v) is 13.9. The molecular formula is C18H21FN4O2. The van der Waals surface area contributed by atoms with Gasteiger partial charge in [0.25, 0.3) is 5.91 Å². The highest BCUT2D eigenvalue weighted by molar-refractivity contribution is 5.90. The van der Waals surface area contributed by atoms with Crippen molar-refractivity contribution in [1.29, 1.82) is 0 Å². The zero-order valence-electron chi connectivity index (χ0n) is 13.9. The van der Waals surface area contributed by atoms with Crippen molar-refractivity contribution in [2.45, 2.75) is 19.3 Å². The fourth-order valence-corrected chi connectivity index (χ4v) is 3.41. The molecular weight excluding hydrogens is 323 g/mol. The fraction of sp³-hybridized carbons (Fsp3) is 0.389. The molecule has 1 aromatic carbocycles. The maximum absolute atomic E-state index is 14.0. The van der Waals surface area contributed by atoms with Crippen molar-refractivity contribution in [3.63, 3.8) is 0 Å². The summed E-state index contributed by atoms with van der Waals surface area (Å²) in [6.07, 6.45) is 4.96. The lowest BCUT2D eigenvalue weighted by Crippen LogP contribution is -2.47. The highest BCUT2D eigenvalue weighted by Gasteiger charge is 2.36. The molecule has 0 radical (unpaired) electrons. The molecule has 0 bridgehead atoms. The van der Waals surface area contributed by atoms with Crippen LogP contribution in [0.4, 0.5) is 10.2 Å². The average molecular weight is 344 g/mol. The van der Waals surface area contributed by atoms with Gasteiger partial charge in [-0.15, -0.1) is 0 Å². The van der Waals surface area contributed by atoms with E-state index in [0.717, 1.165) is 19.4 Å². The third-order valence-electron chi connectivity index (χ3n) is 4.72. The Hall–Kier alpha value is -2.54. The number of halogens is 1. The molecule has 1 atom stereocenters. The SMILES string of the molecule is NC(=O)c1cncc(N2CCC[C@@](CO)(Cc3ccccc3F)C2)n1. The van der Waals surface area contributed by atoms with Gasteiger partial charge in [-0.25, -0.2) is 9.37 Å². The topological polar surface area (TPSA) is 92.3 Å². The number of piperidine rings is 1. The maximum atomic E-state index is 14.0. The summed E-state index contributed by atoms with van der Waals surface area (Å²) in [5.41, 5.74) is 5.50. The van der Waals surface area contributed by atoms with Gasteiger partial charge < -0.3 is 15.7 Å². The number of amides is 1. The van der Waals surface area contributed by atoms with Crippen molar-refractivity contribution in [1.82, 2.24) is 9.97 Å². The molecule has 0 spiro atoms. The zero-order chi connectivity index (χ0) is 17.9. The van der Waals surface area contributed by atoms with E-state index in [1.54, 1.807) is 24.4 Å². The molecule has 2 aromatic rings. The minimum atomic E-state index is -0.633. The first-order valence-electron chi connectivity index (χ1n) is 8.24. The van der Waals surface area contributed by atoms with Gasteiger partial charge in [0.2, 0.25) is 0 Å². The maximum Gasteiger partial charge on any atom is 0.268 e. The number of rotatable bonds is 5. The third-order valence-corrected chi connectivity index (χ3v) is 4.72. The molecule has 1 aliphatic rings. The Balaban J connectivity index is 1.84. The second kappa shape index (κ2) is 7.14. The number of hydrogen-bond donors (Lipinski definition) is 2. The number of hydrogen-bond acceptors (Lipinski definition) is 5. The van der Waals surface area contributed by atoms with Crippen LogP contribution in [-0.2, 0) is 6.42 Å². The molecule has 1 amide bonds. The summed E-state index contributed by atoms with van der Waals surface area (Å²) in [5.74, 6) is -0.350.